The molecule has 24 heavy (non-hydrogen) atoms. The molecule has 1 saturated heterocycles. The zero-order valence-corrected chi connectivity index (χ0v) is 14.4. The average molecular weight is 333 g/mol. The van der Waals surface area contributed by atoms with Gasteiger partial charge in [-0.2, -0.15) is 0 Å². The predicted octanol–water partition coefficient (Wildman–Crippen LogP) is 2.62. The Morgan fingerprint density at radius 3 is 2.92 bits per heavy atom. The van der Waals surface area contributed by atoms with Crippen LogP contribution in [0.2, 0.25) is 0 Å². The number of halogens is 1. The van der Waals surface area contributed by atoms with Crippen molar-refractivity contribution in [3.05, 3.63) is 47.8 Å². The highest BCUT2D eigenvalue weighted by molar-refractivity contribution is 5.88. The molecule has 2 atom stereocenters. The van der Waals surface area contributed by atoms with Crippen LogP contribution in [0.4, 0.5) is 9.18 Å². The van der Waals surface area contributed by atoms with Crippen molar-refractivity contribution in [1.29, 1.82) is 0 Å². The van der Waals surface area contributed by atoms with E-state index in [-0.39, 0.29) is 23.8 Å². The monoisotopic (exact) mass is 333 g/mol. The van der Waals surface area contributed by atoms with E-state index in [9.17, 15) is 14.0 Å². The maximum absolute atomic E-state index is 13.7. The fourth-order valence-electron chi connectivity index (χ4n) is 2.81. The topological polar surface area (TPSA) is 52.6 Å². The van der Waals surface area contributed by atoms with Crippen molar-refractivity contribution >= 4 is 11.9 Å². The molecule has 0 aliphatic carbocycles. The molecule has 2 rings (SSSR count). The number of nitrogens with zero attached hydrogens (tertiary/aromatic N) is 2. The smallest absolute Gasteiger partial charge is 0.318 e. The number of likely N-dealkylation sites (tertiary alicyclic amines) is 1. The molecular formula is C18H24FN3O2. The van der Waals surface area contributed by atoms with Crippen LogP contribution in [0.5, 0.6) is 0 Å². The molecule has 1 aromatic carbocycles. The summed E-state index contributed by atoms with van der Waals surface area (Å²) in [4.78, 5) is 27.8. The summed E-state index contributed by atoms with van der Waals surface area (Å²) >= 11 is 0. The molecule has 0 radical (unpaired) electrons. The van der Waals surface area contributed by atoms with E-state index in [2.05, 4.69) is 11.9 Å². The molecule has 1 aromatic rings. The highest BCUT2D eigenvalue weighted by Crippen LogP contribution is 2.19. The first-order valence-electron chi connectivity index (χ1n) is 8.04. The fraction of sp³-hybridized carbons (Fsp3) is 0.444. The maximum Gasteiger partial charge on any atom is 0.318 e. The summed E-state index contributed by atoms with van der Waals surface area (Å²) in [7, 11) is 1.61. The molecule has 130 valence electrons. The summed E-state index contributed by atoms with van der Waals surface area (Å²) in [6.07, 6.45) is 2.28. The predicted molar refractivity (Wildman–Crippen MR) is 91.0 cm³/mol. The standard InChI is InChI=1S/C18H24FN3O2/c1-5-9-22-10-8-16(17(22)23)21(4)18(24)20-13(3)14-7-6-12(2)15(19)11-14/h5-7,11,13,16H,1,8-10H2,2-4H3,(H,20,24)/t13-,16-/m1/s1. The van der Waals surface area contributed by atoms with Gasteiger partial charge < -0.3 is 15.1 Å². The Bertz CT molecular complexity index is 647. The van der Waals surface area contributed by atoms with Crippen LogP contribution in [-0.4, -0.2) is 47.9 Å². The van der Waals surface area contributed by atoms with Gasteiger partial charge in [-0.15, -0.1) is 6.58 Å². The molecule has 5 nitrogen and oxygen atoms in total. The van der Waals surface area contributed by atoms with Gasteiger partial charge in [0.05, 0.1) is 6.04 Å². The van der Waals surface area contributed by atoms with Crippen LogP contribution in [0.25, 0.3) is 0 Å². The highest BCUT2D eigenvalue weighted by atomic mass is 19.1. The summed E-state index contributed by atoms with van der Waals surface area (Å²) in [6, 6.07) is 3.73. The second-order valence-corrected chi connectivity index (χ2v) is 6.17. The van der Waals surface area contributed by atoms with Gasteiger partial charge in [0, 0.05) is 20.1 Å². The first-order valence-corrected chi connectivity index (χ1v) is 8.04. The van der Waals surface area contributed by atoms with Crippen LogP contribution < -0.4 is 5.32 Å². The van der Waals surface area contributed by atoms with Gasteiger partial charge in [0.25, 0.3) is 0 Å². The maximum atomic E-state index is 13.7. The van der Waals surface area contributed by atoms with Crippen LogP contribution in [0, 0.1) is 12.7 Å². The van der Waals surface area contributed by atoms with Crippen molar-refractivity contribution in [3.63, 3.8) is 0 Å². The van der Waals surface area contributed by atoms with E-state index in [1.165, 1.54) is 11.0 Å². The van der Waals surface area contributed by atoms with Crippen molar-refractivity contribution in [2.24, 2.45) is 0 Å². The third kappa shape index (κ3) is 3.75. The molecule has 0 aromatic heterocycles. The number of hydrogen-bond acceptors (Lipinski definition) is 2. The molecule has 1 fully saturated rings. The Kier molecular flexibility index (Phi) is 5.59. The molecule has 1 aliphatic heterocycles. The van der Waals surface area contributed by atoms with Gasteiger partial charge in [-0.25, -0.2) is 9.18 Å². The van der Waals surface area contributed by atoms with Crippen molar-refractivity contribution in [2.45, 2.75) is 32.4 Å². The van der Waals surface area contributed by atoms with E-state index in [0.29, 0.717) is 30.6 Å². The van der Waals surface area contributed by atoms with Gasteiger partial charge in [0.1, 0.15) is 11.9 Å². The van der Waals surface area contributed by atoms with Crippen molar-refractivity contribution < 1.29 is 14.0 Å². The number of hydrogen-bond donors (Lipinski definition) is 1. The number of amides is 3. The lowest BCUT2D eigenvalue weighted by molar-refractivity contribution is -0.130. The minimum atomic E-state index is -0.466. The Hall–Kier alpha value is -2.37. The lowest BCUT2D eigenvalue weighted by Crippen LogP contribution is -2.47. The second kappa shape index (κ2) is 7.47. The number of aryl methyl sites for hydroxylation is 1. The summed E-state index contributed by atoms with van der Waals surface area (Å²) in [5, 5.41) is 2.82. The number of likely N-dealkylation sites (N-methyl/N-ethyl adjacent to an activating group) is 1. The van der Waals surface area contributed by atoms with E-state index in [1.54, 1.807) is 44.0 Å². The van der Waals surface area contributed by atoms with Gasteiger partial charge in [-0.3, -0.25) is 4.79 Å². The minimum Gasteiger partial charge on any atom is -0.337 e. The Morgan fingerprint density at radius 2 is 2.29 bits per heavy atom. The molecule has 6 heteroatoms. The summed E-state index contributed by atoms with van der Waals surface area (Å²) < 4.78 is 13.7. The van der Waals surface area contributed by atoms with Crippen LogP contribution in [-0.2, 0) is 4.79 Å². The molecule has 0 unspecified atom stereocenters. The van der Waals surface area contributed by atoms with E-state index in [4.69, 9.17) is 0 Å². The van der Waals surface area contributed by atoms with Crippen molar-refractivity contribution in [1.82, 2.24) is 15.1 Å². The molecule has 0 bridgehead atoms. The normalized spacial score (nSPS) is 18.4. The number of carbonyl (C=O) groups excluding carboxylic acids is 2. The number of nitrogens with one attached hydrogen (secondary N) is 1. The number of rotatable bonds is 5. The third-order valence-electron chi connectivity index (χ3n) is 4.44. The zero-order valence-electron chi connectivity index (χ0n) is 14.4. The number of carbonyl (C=O) groups is 2. The van der Waals surface area contributed by atoms with Crippen LogP contribution in [0.3, 0.4) is 0 Å². The SMILES string of the molecule is C=CCN1CC[C@@H](N(C)C(=O)N[C@H](C)c2ccc(C)c(F)c2)C1=O. The van der Waals surface area contributed by atoms with Gasteiger partial charge in [-0.05, 0) is 37.5 Å². The summed E-state index contributed by atoms with van der Waals surface area (Å²) in [5.74, 6) is -0.366. The lowest BCUT2D eigenvalue weighted by atomic mass is 10.1. The number of urea groups is 1. The molecule has 1 aliphatic rings. The second-order valence-electron chi connectivity index (χ2n) is 6.17. The zero-order chi connectivity index (χ0) is 17.9. The molecular weight excluding hydrogens is 309 g/mol. The fourth-order valence-corrected chi connectivity index (χ4v) is 2.81. The van der Waals surface area contributed by atoms with Crippen LogP contribution in [0.1, 0.15) is 30.5 Å². The number of benzene rings is 1. The van der Waals surface area contributed by atoms with Gasteiger partial charge in [-0.1, -0.05) is 18.2 Å². The van der Waals surface area contributed by atoms with Crippen molar-refractivity contribution in [2.75, 3.05) is 20.1 Å². The Labute approximate surface area is 142 Å². The van der Waals surface area contributed by atoms with E-state index >= 15 is 0 Å². The first-order chi connectivity index (χ1) is 11.3. The molecule has 3 amide bonds. The van der Waals surface area contributed by atoms with Gasteiger partial charge in [0.2, 0.25) is 5.91 Å². The average Bonchev–Trinajstić information content (AvgIpc) is 2.90. The Morgan fingerprint density at radius 1 is 1.58 bits per heavy atom. The first kappa shape index (κ1) is 18.0. The minimum absolute atomic E-state index is 0.0680. The third-order valence-corrected chi connectivity index (χ3v) is 4.44. The van der Waals surface area contributed by atoms with Gasteiger partial charge in [0.15, 0.2) is 0 Å². The summed E-state index contributed by atoms with van der Waals surface area (Å²) in [6.45, 7) is 8.22. The molecule has 0 saturated carbocycles. The summed E-state index contributed by atoms with van der Waals surface area (Å²) in [5.41, 5.74) is 1.25. The van der Waals surface area contributed by atoms with Crippen molar-refractivity contribution in [3.8, 4) is 0 Å². The largest absolute Gasteiger partial charge is 0.337 e. The quantitative estimate of drug-likeness (QED) is 0.842. The van der Waals surface area contributed by atoms with Gasteiger partial charge >= 0.3 is 6.03 Å². The molecule has 0 spiro atoms. The Balaban J connectivity index is 1.99. The van der Waals surface area contributed by atoms with E-state index in [0.717, 1.165) is 0 Å². The van der Waals surface area contributed by atoms with E-state index in [1.807, 2.05) is 0 Å². The van der Waals surface area contributed by atoms with Crippen LogP contribution in [0.15, 0.2) is 30.9 Å². The highest BCUT2D eigenvalue weighted by Gasteiger charge is 2.36. The molecule has 1 heterocycles. The van der Waals surface area contributed by atoms with Crippen LogP contribution >= 0.6 is 0 Å². The molecule has 1 N–H and O–H groups in total. The lowest BCUT2D eigenvalue weighted by Gasteiger charge is -2.26. The van der Waals surface area contributed by atoms with E-state index < -0.39 is 6.04 Å².